The molecule has 1 N–H and O–H groups in total. The van der Waals surface area contributed by atoms with Crippen LogP contribution in [0.5, 0.6) is 0 Å². The van der Waals surface area contributed by atoms with Crippen LogP contribution in [-0.4, -0.2) is 40.0 Å². The maximum atomic E-state index is 12.7. The fourth-order valence-corrected chi connectivity index (χ4v) is 2.94. The van der Waals surface area contributed by atoms with Gasteiger partial charge in [-0.15, -0.1) is 0 Å². The van der Waals surface area contributed by atoms with Gasteiger partial charge in [-0.25, -0.2) is 0 Å². The first-order valence-corrected chi connectivity index (χ1v) is 8.82. The molecular formula is C19H23N5O3. The van der Waals surface area contributed by atoms with Crippen molar-refractivity contribution in [3.8, 4) is 0 Å². The van der Waals surface area contributed by atoms with Crippen molar-refractivity contribution >= 4 is 28.9 Å². The summed E-state index contributed by atoms with van der Waals surface area (Å²) >= 11 is 0. The highest BCUT2D eigenvalue weighted by molar-refractivity contribution is 5.99. The van der Waals surface area contributed by atoms with Crippen molar-refractivity contribution in [3.05, 3.63) is 42.2 Å². The summed E-state index contributed by atoms with van der Waals surface area (Å²) in [7, 11) is 1.82. The highest BCUT2D eigenvalue weighted by Crippen LogP contribution is 2.22. The molecule has 0 saturated carbocycles. The van der Waals surface area contributed by atoms with Gasteiger partial charge in [-0.2, -0.15) is 5.10 Å². The number of anilines is 2. The van der Waals surface area contributed by atoms with E-state index < -0.39 is 6.10 Å². The molecule has 2 heterocycles. The van der Waals surface area contributed by atoms with E-state index in [0.29, 0.717) is 18.7 Å². The third kappa shape index (κ3) is 4.52. The normalized spacial score (nSPS) is 17.7. The molecule has 27 heavy (non-hydrogen) atoms. The number of nitrogens with one attached hydrogen (secondary N) is 1. The highest BCUT2D eigenvalue weighted by atomic mass is 16.6. The largest absolute Gasteiger partial charge is 0.382 e. The number of hydrogen-bond donors (Lipinski definition) is 1. The Hall–Kier alpha value is -3.16. The maximum Gasteiger partial charge on any atom is 0.270 e. The van der Waals surface area contributed by atoms with Gasteiger partial charge in [0.05, 0.1) is 17.6 Å². The van der Waals surface area contributed by atoms with E-state index >= 15 is 0 Å². The quantitative estimate of drug-likeness (QED) is 0.647. The molecule has 1 aliphatic heterocycles. The van der Waals surface area contributed by atoms with Crippen LogP contribution in [-0.2, 0) is 21.5 Å². The SMILES string of the molecule is CC(=O)Nc1ccc(/C(C)=N/OC2CCCN(c3cnn(C)c3)C2=O)cc1. The van der Waals surface area contributed by atoms with Crippen LogP contribution in [0.2, 0.25) is 0 Å². The van der Waals surface area contributed by atoms with Gasteiger partial charge in [0.1, 0.15) is 0 Å². The Kier molecular flexibility index (Phi) is 5.54. The van der Waals surface area contributed by atoms with E-state index in [-0.39, 0.29) is 11.8 Å². The molecule has 1 saturated heterocycles. The Bertz CT molecular complexity index is 856. The van der Waals surface area contributed by atoms with E-state index in [0.717, 1.165) is 23.4 Å². The first-order valence-electron chi connectivity index (χ1n) is 8.82. The fraction of sp³-hybridized carbons (Fsp3) is 0.368. The smallest absolute Gasteiger partial charge is 0.270 e. The maximum absolute atomic E-state index is 12.7. The summed E-state index contributed by atoms with van der Waals surface area (Å²) in [5, 5.41) is 11.0. The second kappa shape index (κ2) is 8.03. The monoisotopic (exact) mass is 369 g/mol. The number of carbonyl (C=O) groups is 2. The number of rotatable bonds is 5. The van der Waals surface area contributed by atoms with Gasteiger partial charge in [-0.3, -0.25) is 14.3 Å². The van der Waals surface area contributed by atoms with Gasteiger partial charge in [-0.05, 0) is 37.5 Å². The molecular weight excluding hydrogens is 346 g/mol. The van der Waals surface area contributed by atoms with Gasteiger partial charge in [0.25, 0.3) is 5.91 Å². The third-order valence-corrected chi connectivity index (χ3v) is 4.33. The number of nitrogens with zero attached hydrogens (tertiary/aromatic N) is 4. The van der Waals surface area contributed by atoms with Gasteiger partial charge in [0.2, 0.25) is 12.0 Å². The third-order valence-electron chi connectivity index (χ3n) is 4.33. The van der Waals surface area contributed by atoms with E-state index in [1.807, 2.05) is 32.3 Å². The van der Waals surface area contributed by atoms with Crippen molar-refractivity contribution < 1.29 is 14.4 Å². The van der Waals surface area contributed by atoms with Crippen molar-refractivity contribution in [2.24, 2.45) is 12.2 Å². The molecule has 8 nitrogen and oxygen atoms in total. The fourth-order valence-electron chi connectivity index (χ4n) is 2.94. The van der Waals surface area contributed by atoms with E-state index in [2.05, 4.69) is 15.6 Å². The van der Waals surface area contributed by atoms with Crippen molar-refractivity contribution in [2.45, 2.75) is 32.8 Å². The molecule has 142 valence electrons. The lowest BCUT2D eigenvalue weighted by molar-refractivity contribution is -0.132. The summed E-state index contributed by atoms with van der Waals surface area (Å²) in [6.45, 7) is 3.93. The van der Waals surface area contributed by atoms with Gasteiger partial charge in [-0.1, -0.05) is 17.3 Å². The molecule has 0 bridgehead atoms. The van der Waals surface area contributed by atoms with E-state index in [4.69, 9.17) is 4.84 Å². The molecule has 3 rings (SSSR count). The number of oxime groups is 1. The van der Waals surface area contributed by atoms with Crippen LogP contribution in [0, 0.1) is 0 Å². The van der Waals surface area contributed by atoms with Gasteiger partial charge in [0.15, 0.2) is 0 Å². The number of aromatic nitrogens is 2. The number of hydrogen-bond acceptors (Lipinski definition) is 5. The molecule has 1 aromatic heterocycles. The van der Waals surface area contributed by atoms with Crippen LogP contribution in [0.3, 0.4) is 0 Å². The van der Waals surface area contributed by atoms with Crippen LogP contribution < -0.4 is 10.2 Å². The van der Waals surface area contributed by atoms with Crippen molar-refractivity contribution in [3.63, 3.8) is 0 Å². The lowest BCUT2D eigenvalue weighted by Crippen LogP contribution is -2.45. The zero-order valence-corrected chi connectivity index (χ0v) is 15.7. The Morgan fingerprint density at radius 3 is 2.67 bits per heavy atom. The molecule has 0 aliphatic carbocycles. The number of piperidine rings is 1. The summed E-state index contributed by atoms with van der Waals surface area (Å²) in [5.41, 5.74) is 3.01. The molecule has 1 aromatic carbocycles. The topological polar surface area (TPSA) is 88.8 Å². The van der Waals surface area contributed by atoms with Gasteiger partial charge < -0.3 is 15.1 Å². The predicted octanol–water partition coefficient (Wildman–Crippen LogP) is 2.31. The first kappa shape index (κ1) is 18.6. The first-order chi connectivity index (χ1) is 12.9. The molecule has 2 aromatic rings. The van der Waals surface area contributed by atoms with Crippen LogP contribution in [0.4, 0.5) is 11.4 Å². The van der Waals surface area contributed by atoms with Gasteiger partial charge in [0, 0.05) is 32.4 Å². The lowest BCUT2D eigenvalue weighted by Gasteiger charge is -2.29. The molecule has 0 radical (unpaired) electrons. The Balaban J connectivity index is 1.65. The number of benzene rings is 1. The summed E-state index contributed by atoms with van der Waals surface area (Å²) < 4.78 is 1.67. The lowest BCUT2D eigenvalue weighted by atomic mass is 10.1. The van der Waals surface area contributed by atoms with Gasteiger partial charge >= 0.3 is 0 Å². The number of aryl methyl sites for hydroxylation is 1. The standard InChI is InChI=1S/C19H23N5O3/c1-13(15-6-8-16(9-7-15)21-14(2)25)22-27-18-5-4-10-24(19(18)26)17-11-20-23(3)12-17/h6-9,11-12,18H,4-5,10H2,1-3H3,(H,21,25)/b22-13+. The van der Waals surface area contributed by atoms with Crippen molar-refractivity contribution in [1.29, 1.82) is 0 Å². The molecule has 1 atom stereocenters. The summed E-state index contributed by atoms with van der Waals surface area (Å²) in [4.78, 5) is 31.0. The molecule has 0 spiro atoms. The second-order valence-corrected chi connectivity index (χ2v) is 6.53. The van der Waals surface area contributed by atoms with E-state index in [1.165, 1.54) is 6.92 Å². The summed E-state index contributed by atoms with van der Waals surface area (Å²) in [5.74, 6) is -0.225. The average Bonchev–Trinajstić information content (AvgIpc) is 3.07. The Morgan fingerprint density at radius 1 is 1.30 bits per heavy atom. The zero-order chi connectivity index (χ0) is 19.4. The number of carbonyl (C=O) groups excluding carboxylic acids is 2. The molecule has 1 aliphatic rings. The Labute approximate surface area is 157 Å². The zero-order valence-electron chi connectivity index (χ0n) is 15.7. The average molecular weight is 369 g/mol. The van der Waals surface area contributed by atoms with Crippen LogP contribution in [0.15, 0.2) is 41.8 Å². The summed E-state index contributed by atoms with van der Waals surface area (Å²) in [6, 6.07) is 7.29. The number of amides is 2. The molecule has 2 amide bonds. The molecule has 1 unspecified atom stereocenters. The van der Waals surface area contributed by atoms with Crippen molar-refractivity contribution in [1.82, 2.24) is 9.78 Å². The minimum absolute atomic E-state index is 0.105. The summed E-state index contributed by atoms with van der Waals surface area (Å²) in [6.07, 6.45) is 4.35. The molecule has 1 fully saturated rings. The van der Waals surface area contributed by atoms with Crippen LogP contribution >= 0.6 is 0 Å². The minimum atomic E-state index is -0.604. The van der Waals surface area contributed by atoms with E-state index in [1.54, 1.807) is 27.9 Å². The van der Waals surface area contributed by atoms with E-state index in [9.17, 15) is 9.59 Å². The van der Waals surface area contributed by atoms with Crippen molar-refractivity contribution in [2.75, 3.05) is 16.8 Å². The minimum Gasteiger partial charge on any atom is -0.382 e. The van der Waals surface area contributed by atoms with Crippen LogP contribution in [0.25, 0.3) is 0 Å². The Morgan fingerprint density at radius 2 is 2.04 bits per heavy atom. The van der Waals surface area contributed by atoms with Crippen LogP contribution in [0.1, 0.15) is 32.3 Å². The molecule has 8 heteroatoms. The predicted molar refractivity (Wildman–Crippen MR) is 103 cm³/mol. The highest BCUT2D eigenvalue weighted by Gasteiger charge is 2.32. The second-order valence-electron chi connectivity index (χ2n) is 6.53.